The summed E-state index contributed by atoms with van der Waals surface area (Å²) in [5.74, 6) is -0.785. The Hall–Kier alpha value is -1.19. The van der Waals surface area contributed by atoms with Crippen LogP contribution in [0.4, 0.5) is 0 Å². The van der Waals surface area contributed by atoms with Crippen molar-refractivity contribution >= 4 is 5.97 Å². The van der Waals surface area contributed by atoms with Gasteiger partial charge in [0.05, 0.1) is 6.42 Å². The molecular formula is C8H14N2O2. The Morgan fingerprint density at radius 2 is 2.42 bits per heavy atom. The van der Waals surface area contributed by atoms with Gasteiger partial charge in [0, 0.05) is 18.9 Å². The third kappa shape index (κ3) is 1.52. The highest BCUT2D eigenvalue weighted by Gasteiger charge is 2.33. The van der Waals surface area contributed by atoms with Gasteiger partial charge in [-0.05, 0) is 13.8 Å². The summed E-state index contributed by atoms with van der Waals surface area (Å²) < 4.78 is 0. The van der Waals surface area contributed by atoms with Crippen molar-refractivity contribution in [1.29, 1.82) is 0 Å². The Kier molecular flexibility index (Phi) is 2.26. The second kappa shape index (κ2) is 3.05. The molecule has 4 nitrogen and oxygen atoms in total. The number of nitrogens with one attached hydrogen (secondary N) is 1. The summed E-state index contributed by atoms with van der Waals surface area (Å²) >= 11 is 0. The lowest BCUT2D eigenvalue weighted by Gasteiger charge is -2.34. The summed E-state index contributed by atoms with van der Waals surface area (Å²) in [6.45, 7) is 4.69. The number of hydrogen-bond acceptors (Lipinski definition) is 3. The summed E-state index contributed by atoms with van der Waals surface area (Å²) in [5, 5.41) is 11.7. The van der Waals surface area contributed by atoms with E-state index in [1.807, 2.05) is 24.9 Å². The topological polar surface area (TPSA) is 52.6 Å². The van der Waals surface area contributed by atoms with Crippen LogP contribution in [0.5, 0.6) is 0 Å². The van der Waals surface area contributed by atoms with Gasteiger partial charge < -0.3 is 15.3 Å². The smallest absolute Gasteiger partial charge is 0.307 e. The van der Waals surface area contributed by atoms with Crippen LogP contribution in [0, 0.1) is 0 Å². The summed E-state index contributed by atoms with van der Waals surface area (Å²) in [5.41, 5.74) is -0.444. The van der Waals surface area contributed by atoms with Gasteiger partial charge in [-0.25, -0.2) is 0 Å². The molecule has 0 bridgehead atoms. The standard InChI is InChI=1S/C8H14N2O2/c1-3-10-5-4-9-8(10,2)6-7(11)12/h4-5,9H,3,6H2,1-2H3,(H,11,12). The summed E-state index contributed by atoms with van der Waals surface area (Å²) in [4.78, 5) is 12.5. The molecule has 0 aromatic heterocycles. The number of nitrogens with zero attached hydrogens (tertiary/aromatic N) is 1. The number of hydrogen-bond donors (Lipinski definition) is 2. The fourth-order valence-corrected chi connectivity index (χ4v) is 1.46. The average molecular weight is 170 g/mol. The SMILES string of the molecule is CCN1C=CNC1(C)CC(=O)O. The van der Waals surface area contributed by atoms with Gasteiger partial charge in [0.15, 0.2) is 0 Å². The van der Waals surface area contributed by atoms with E-state index in [1.165, 1.54) is 0 Å². The maximum atomic E-state index is 10.5. The molecule has 0 fully saturated rings. The zero-order chi connectivity index (χ0) is 9.19. The molecule has 0 amide bonds. The van der Waals surface area contributed by atoms with Gasteiger partial charge in [-0.1, -0.05) is 0 Å². The Bertz CT molecular complexity index is 215. The highest BCUT2D eigenvalue weighted by molar-refractivity contribution is 5.68. The van der Waals surface area contributed by atoms with Gasteiger partial charge in [0.2, 0.25) is 0 Å². The summed E-state index contributed by atoms with van der Waals surface area (Å²) in [6.07, 6.45) is 3.77. The van der Waals surface area contributed by atoms with E-state index in [9.17, 15) is 4.79 Å². The lowest BCUT2D eigenvalue weighted by atomic mass is 10.1. The molecule has 1 rings (SSSR count). The largest absolute Gasteiger partial charge is 0.481 e. The zero-order valence-electron chi connectivity index (χ0n) is 7.37. The van der Waals surface area contributed by atoms with Gasteiger partial charge in [-0.15, -0.1) is 0 Å². The van der Waals surface area contributed by atoms with E-state index in [0.717, 1.165) is 6.54 Å². The number of rotatable bonds is 3. The van der Waals surface area contributed by atoms with Gasteiger partial charge in [0.25, 0.3) is 0 Å². The molecule has 0 aliphatic carbocycles. The molecule has 1 aliphatic rings. The Balaban J connectivity index is 2.64. The molecule has 1 heterocycles. The molecule has 12 heavy (non-hydrogen) atoms. The zero-order valence-corrected chi connectivity index (χ0v) is 7.37. The fourth-order valence-electron chi connectivity index (χ4n) is 1.46. The predicted octanol–water partition coefficient (Wildman–Crippen LogP) is 0.574. The van der Waals surface area contributed by atoms with Crippen LogP contribution in [-0.2, 0) is 4.79 Å². The lowest BCUT2D eigenvalue weighted by molar-refractivity contribution is -0.139. The number of aliphatic carboxylic acids is 1. The van der Waals surface area contributed by atoms with Crippen molar-refractivity contribution in [2.75, 3.05) is 6.54 Å². The van der Waals surface area contributed by atoms with Crippen LogP contribution in [0.15, 0.2) is 12.4 Å². The summed E-state index contributed by atoms with van der Waals surface area (Å²) in [6, 6.07) is 0. The van der Waals surface area contributed by atoms with Crippen molar-refractivity contribution in [3.05, 3.63) is 12.4 Å². The van der Waals surface area contributed by atoms with E-state index in [0.29, 0.717) is 0 Å². The van der Waals surface area contributed by atoms with Crippen molar-refractivity contribution in [1.82, 2.24) is 10.2 Å². The first-order valence-electron chi connectivity index (χ1n) is 4.01. The maximum Gasteiger partial charge on any atom is 0.307 e. The van der Waals surface area contributed by atoms with E-state index in [-0.39, 0.29) is 6.42 Å². The fraction of sp³-hybridized carbons (Fsp3) is 0.625. The molecule has 0 spiro atoms. The molecule has 4 heteroatoms. The summed E-state index contributed by atoms with van der Waals surface area (Å²) in [7, 11) is 0. The van der Waals surface area contributed by atoms with Crippen LogP contribution in [0.3, 0.4) is 0 Å². The van der Waals surface area contributed by atoms with Crippen LogP contribution in [0.25, 0.3) is 0 Å². The van der Waals surface area contributed by atoms with Crippen molar-refractivity contribution < 1.29 is 9.90 Å². The first-order chi connectivity index (χ1) is 5.58. The number of carboxylic acids is 1. The maximum absolute atomic E-state index is 10.5. The van der Waals surface area contributed by atoms with E-state index in [2.05, 4.69) is 5.32 Å². The predicted molar refractivity (Wildman–Crippen MR) is 45.3 cm³/mol. The van der Waals surface area contributed by atoms with Gasteiger partial charge in [-0.2, -0.15) is 0 Å². The lowest BCUT2D eigenvalue weighted by Crippen LogP contribution is -2.49. The molecule has 2 N–H and O–H groups in total. The van der Waals surface area contributed by atoms with Crippen LogP contribution in [0.1, 0.15) is 20.3 Å². The minimum Gasteiger partial charge on any atom is -0.481 e. The monoisotopic (exact) mass is 170 g/mol. The van der Waals surface area contributed by atoms with E-state index in [4.69, 9.17) is 5.11 Å². The second-order valence-corrected chi connectivity index (χ2v) is 3.09. The third-order valence-electron chi connectivity index (χ3n) is 2.12. The van der Waals surface area contributed by atoms with Crippen LogP contribution < -0.4 is 5.32 Å². The minimum absolute atomic E-state index is 0.105. The number of carboxylic acid groups (broad SMARTS) is 1. The van der Waals surface area contributed by atoms with E-state index in [1.54, 1.807) is 6.20 Å². The van der Waals surface area contributed by atoms with Crippen LogP contribution >= 0.6 is 0 Å². The molecule has 68 valence electrons. The molecule has 0 saturated heterocycles. The molecule has 0 aromatic carbocycles. The van der Waals surface area contributed by atoms with Crippen LogP contribution in [-0.4, -0.2) is 28.2 Å². The Morgan fingerprint density at radius 1 is 1.75 bits per heavy atom. The van der Waals surface area contributed by atoms with Crippen molar-refractivity contribution in [2.24, 2.45) is 0 Å². The van der Waals surface area contributed by atoms with Gasteiger partial charge in [-0.3, -0.25) is 4.79 Å². The average Bonchev–Trinajstić information content (AvgIpc) is 2.28. The van der Waals surface area contributed by atoms with Gasteiger partial charge in [0.1, 0.15) is 5.66 Å². The van der Waals surface area contributed by atoms with Crippen molar-refractivity contribution in [3.63, 3.8) is 0 Å². The Morgan fingerprint density at radius 3 is 2.92 bits per heavy atom. The third-order valence-corrected chi connectivity index (χ3v) is 2.12. The van der Waals surface area contributed by atoms with Crippen molar-refractivity contribution in [2.45, 2.75) is 25.9 Å². The molecule has 0 radical (unpaired) electrons. The Labute approximate surface area is 71.9 Å². The van der Waals surface area contributed by atoms with E-state index < -0.39 is 11.6 Å². The van der Waals surface area contributed by atoms with Crippen molar-refractivity contribution in [3.8, 4) is 0 Å². The highest BCUT2D eigenvalue weighted by Crippen LogP contribution is 2.20. The van der Waals surface area contributed by atoms with E-state index >= 15 is 0 Å². The normalized spacial score (nSPS) is 27.3. The van der Waals surface area contributed by atoms with Gasteiger partial charge >= 0.3 is 5.97 Å². The molecule has 1 aliphatic heterocycles. The highest BCUT2D eigenvalue weighted by atomic mass is 16.4. The second-order valence-electron chi connectivity index (χ2n) is 3.09. The minimum atomic E-state index is -0.785. The van der Waals surface area contributed by atoms with Crippen LogP contribution in [0.2, 0.25) is 0 Å². The molecule has 1 atom stereocenters. The quantitative estimate of drug-likeness (QED) is 0.650. The first-order valence-corrected chi connectivity index (χ1v) is 4.01. The molecule has 0 aromatic rings. The first kappa shape index (κ1) is 8.90. The molecule has 1 unspecified atom stereocenters. The molecule has 0 saturated carbocycles. The number of carbonyl (C=O) groups is 1. The molecular weight excluding hydrogens is 156 g/mol.